The Hall–Kier alpha value is -2.38. The minimum Gasteiger partial charge on any atom is -0.481 e. The third-order valence-electron chi connectivity index (χ3n) is 5.24. The Kier molecular flexibility index (Phi) is 10.0. The van der Waals surface area contributed by atoms with Gasteiger partial charge in [-0.1, -0.05) is 63.1 Å². The Morgan fingerprint density at radius 2 is 1.39 bits per heavy atom. The SMILES string of the molecule is CCCCCc1ccc(CCc2ccc(NS(=O)(=O)N[C@@H](CC)CC(=O)O)cc2)cc1. The van der Waals surface area contributed by atoms with Gasteiger partial charge in [-0.15, -0.1) is 0 Å². The summed E-state index contributed by atoms with van der Waals surface area (Å²) < 4.78 is 29.3. The molecule has 170 valence electrons. The van der Waals surface area contributed by atoms with E-state index < -0.39 is 22.2 Å². The molecule has 0 unspecified atom stereocenters. The van der Waals surface area contributed by atoms with Crippen molar-refractivity contribution in [2.24, 2.45) is 0 Å². The van der Waals surface area contributed by atoms with E-state index >= 15 is 0 Å². The van der Waals surface area contributed by atoms with Crippen LogP contribution in [-0.4, -0.2) is 25.5 Å². The fraction of sp³-hybridized carbons (Fsp3) is 0.458. The summed E-state index contributed by atoms with van der Waals surface area (Å²) in [7, 11) is -3.84. The van der Waals surface area contributed by atoms with Gasteiger partial charge < -0.3 is 5.11 Å². The lowest BCUT2D eigenvalue weighted by Crippen LogP contribution is -2.39. The molecule has 0 saturated carbocycles. The molecule has 0 aromatic heterocycles. The molecule has 1 atom stereocenters. The zero-order chi connectivity index (χ0) is 22.7. The van der Waals surface area contributed by atoms with Gasteiger partial charge in [0.1, 0.15) is 0 Å². The van der Waals surface area contributed by atoms with Gasteiger partial charge in [0.05, 0.1) is 6.42 Å². The molecule has 0 saturated heterocycles. The van der Waals surface area contributed by atoms with Gasteiger partial charge in [-0.3, -0.25) is 9.52 Å². The molecule has 0 bridgehead atoms. The van der Waals surface area contributed by atoms with E-state index in [2.05, 4.69) is 40.6 Å². The van der Waals surface area contributed by atoms with E-state index in [1.807, 2.05) is 12.1 Å². The number of anilines is 1. The number of carbonyl (C=O) groups is 1. The molecule has 0 aliphatic heterocycles. The maximum absolute atomic E-state index is 12.2. The fourth-order valence-corrected chi connectivity index (χ4v) is 4.56. The second kappa shape index (κ2) is 12.5. The van der Waals surface area contributed by atoms with Crippen LogP contribution in [0.4, 0.5) is 5.69 Å². The molecule has 6 nitrogen and oxygen atoms in total. The molecule has 31 heavy (non-hydrogen) atoms. The van der Waals surface area contributed by atoms with Crippen molar-refractivity contribution < 1.29 is 18.3 Å². The number of carboxylic acids is 1. The fourth-order valence-electron chi connectivity index (χ4n) is 3.36. The van der Waals surface area contributed by atoms with Crippen molar-refractivity contribution in [3.8, 4) is 0 Å². The van der Waals surface area contributed by atoms with Crippen LogP contribution < -0.4 is 9.44 Å². The number of benzene rings is 2. The first-order valence-electron chi connectivity index (χ1n) is 11.0. The normalized spacial score (nSPS) is 12.5. The third kappa shape index (κ3) is 9.53. The first kappa shape index (κ1) is 24.9. The summed E-state index contributed by atoms with van der Waals surface area (Å²) in [6.07, 6.45) is 6.81. The minimum atomic E-state index is -3.84. The molecule has 3 N–H and O–H groups in total. The topological polar surface area (TPSA) is 95.5 Å². The number of nitrogens with one attached hydrogen (secondary N) is 2. The molecule has 0 radical (unpaired) electrons. The van der Waals surface area contributed by atoms with Crippen LogP contribution in [-0.2, 0) is 34.3 Å². The molecule has 0 fully saturated rings. The number of hydrogen-bond acceptors (Lipinski definition) is 3. The quantitative estimate of drug-likeness (QED) is 0.366. The summed E-state index contributed by atoms with van der Waals surface area (Å²) in [4.78, 5) is 10.8. The molecule has 2 rings (SSSR count). The van der Waals surface area contributed by atoms with Crippen LogP contribution in [0.5, 0.6) is 0 Å². The van der Waals surface area contributed by atoms with Crippen molar-refractivity contribution in [2.75, 3.05) is 4.72 Å². The lowest BCUT2D eigenvalue weighted by molar-refractivity contribution is -0.137. The van der Waals surface area contributed by atoms with Gasteiger partial charge >= 0.3 is 5.97 Å². The standard InChI is InChI=1S/C24H34N2O4S/c1-3-5-6-7-19-8-10-20(11-9-19)12-13-21-14-16-23(17-15-21)26-31(29,30)25-22(4-2)18-24(27)28/h8-11,14-17,22,25-26H,3-7,12-13,18H2,1-2H3,(H,27,28)/t22-/m0/s1. The van der Waals surface area contributed by atoms with E-state index in [0.29, 0.717) is 12.1 Å². The zero-order valence-electron chi connectivity index (χ0n) is 18.4. The summed E-state index contributed by atoms with van der Waals surface area (Å²) in [6, 6.07) is 15.4. The maximum atomic E-state index is 12.2. The lowest BCUT2D eigenvalue weighted by Gasteiger charge is -2.16. The molecule has 0 amide bonds. The van der Waals surface area contributed by atoms with Crippen molar-refractivity contribution in [3.05, 3.63) is 65.2 Å². The summed E-state index contributed by atoms with van der Waals surface area (Å²) in [6.45, 7) is 3.96. The molecule has 0 heterocycles. The number of aryl methyl sites for hydroxylation is 3. The second-order valence-electron chi connectivity index (χ2n) is 7.90. The molecule has 2 aromatic rings. The molecular formula is C24H34N2O4S. The molecular weight excluding hydrogens is 412 g/mol. The maximum Gasteiger partial charge on any atom is 0.304 e. The van der Waals surface area contributed by atoms with Gasteiger partial charge in [-0.2, -0.15) is 13.1 Å². The van der Waals surface area contributed by atoms with Gasteiger partial charge in [0.2, 0.25) is 0 Å². The Morgan fingerprint density at radius 1 is 0.871 bits per heavy atom. The van der Waals surface area contributed by atoms with E-state index in [-0.39, 0.29) is 6.42 Å². The molecule has 0 aliphatic rings. The van der Waals surface area contributed by atoms with Crippen molar-refractivity contribution in [1.29, 1.82) is 0 Å². The Labute approximate surface area is 186 Å². The van der Waals surface area contributed by atoms with Crippen LogP contribution in [0, 0.1) is 0 Å². The highest BCUT2D eigenvalue weighted by Crippen LogP contribution is 2.15. The smallest absolute Gasteiger partial charge is 0.304 e. The molecule has 0 spiro atoms. The number of carboxylic acid groups (broad SMARTS) is 1. The molecule has 2 aromatic carbocycles. The van der Waals surface area contributed by atoms with Crippen LogP contribution in [0.15, 0.2) is 48.5 Å². The van der Waals surface area contributed by atoms with Crippen molar-refractivity contribution in [2.45, 2.75) is 71.3 Å². The highest BCUT2D eigenvalue weighted by atomic mass is 32.2. The van der Waals surface area contributed by atoms with E-state index in [1.165, 1.54) is 30.4 Å². The van der Waals surface area contributed by atoms with Crippen LogP contribution in [0.25, 0.3) is 0 Å². The summed E-state index contributed by atoms with van der Waals surface area (Å²) in [5.74, 6) is -1.04. The van der Waals surface area contributed by atoms with E-state index in [4.69, 9.17) is 5.11 Å². The van der Waals surface area contributed by atoms with E-state index in [0.717, 1.165) is 24.8 Å². The van der Waals surface area contributed by atoms with Gasteiger partial charge in [0.25, 0.3) is 10.2 Å². The third-order valence-corrected chi connectivity index (χ3v) is 6.38. The monoisotopic (exact) mass is 446 g/mol. The number of hydrogen-bond donors (Lipinski definition) is 3. The number of aliphatic carboxylic acids is 1. The largest absolute Gasteiger partial charge is 0.481 e. The summed E-state index contributed by atoms with van der Waals surface area (Å²) in [5.41, 5.74) is 4.24. The van der Waals surface area contributed by atoms with Gasteiger partial charge in [-0.25, -0.2) is 0 Å². The van der Waals surface area contributed by atoms with Gasteiger partial charge in [-0.05, 0) is 60.9 Å². The summed E-state index contributed by atoms with van der Waals surface area (Å²) in [5, 5.41) is 8.87. The average molecular weight is 447 g/mol. The van der Waals surface area contributed by atoms with Gasteiger partial charge in [0.15, 0.2) is 0 Å². The van der Waals surface area contributed by atoms with Crippen LogP contribution in [0.1, 0.15) is 62.6 Å². The Balaban J connectivity index is 1.85. The van der Waals surface area contributed by atoms with E-state index in [9.17, 15) is 13.2 Å². The predicted octanol–water partition coefficient (Wildman–Crippen LogP) is 4.70. The summed E-state index contributed by atoms with van der Waals surface area (Å²) >= 11 is 0. The van der Waals surface area contributed by atoms with Crippen LogP contribution in [0.3, 0.4) is 0 Å². The van der Waals surface area contributed by atoms with Gasteiger partial charge in [0, 0.05) is 11.7 Å². The zero-order valence-corrected chi connectivity index (χ0v) is 19.2. The first-order chi connectivity index (χ1) is 14.8. The van der Waals surface area contributed by atoms with E-state index in [1.54, 1.807) is 19.1 Å². The number of unbranched alkanes of at least 4 members (excludes halogenated alkanes) is 2. The first-order valence-corrected chi connectivity index (χ1v) is 12.5. The van der Waals surface area contributed by atoms with Crippen molar-refractivity contribution >= 4 is 21.9 Å². The highest BCUT2D eigenvalue weighted by Gasteiger charge is 2.18. The highest BCUT2D eigenvalue weighted by molar-refractivity contribution is 7.90. The number of rotatable bonds is 14. The van der Waals surface area contributed by atoms with Crippen LogP contribution >= 0.6 is 0 Å². The Bertz CT molecular complexity index is 910. The minimum absolute atomic E-state index is 0.254. The second-order valence-corrected chi connectivity index (χ2v) is 9.34. The van der Waals surface area contributed by atoms with Crippen molar-refractivity contribution in [3.63, 3.8) is 0 Å². The molecule has 7 heteroatoms. The lowest BCUT2D eigenvalue weighted by atomic mass is 10.0. The average Bonchev–Trinajstić information content (AvgIpc) is 2.73. The predicted molar refractivity (Wildman–Crippen MR) is 126 cm³/mol. The Morgan fingerprint density at radius 3 is 1.87 bits per heavy atom. The molecule has 0 aliphatic carbocycles. The van der Waals surface area contributed by atoms with Crippen molar-refractivity contribution in [1.82, 2.24) is 4.72 Å². The van der Waals surface area contributed by atoms with Crippen LogP contribution in [0.2, 0.25) is 0 Å².